The minimum atomic E-state index is -0.795. The maximum atomic E-state index is 15.2. The zero-order chi connectivity index (χ0) is 39.5. The predicted octanol–water partition coefficient (Wildman–Crippen LogP) is 8.87. The van der Waals surface area contributed by atoms with Gasteiger partial charge in [-0.1, -0.05) is 31.5 Å². The van der Waals surface area contributed by atoms with Crippen molar-refractivity contribution in [1.29, 1.82) is 0 Å². The number of piperidine rings is 1. The molecule has 55 heavy (non-hydrogen) atoms. The smallest absolute Gasteiger partial charge is 0.418 e. The van der Waals surface area contributed by atoms with Gasteiger partial charge in [0.15, 0.2) is 11.6 Å². The van der Waals surface area contributed by atoms with Crippen LogP contribution in [-0.4, -0.2) is 78.2 Å². The minimum Gasteiger partial charge on any atom is -0.495 e. The number of ether oxygens (including phenoxy) is 3. The van der Waals surface area contributed by atoms with Crippen LogP contribution in [0.2, 0.25) is 0 Å². The predicted molar refractivity (Wildman–Crippen MR) is 215 cm³/mol. The molecule has 1 aliphatic rings. The largest absolute Gasteiger partial charge is 0.495 e. The Bertz CT molecular complexity index is 1950. The zero-order valence-electron chi connectivity index (χ0n) is 33.3. The van der Waals surface area contributed by atoms with Crippen LogP contribution in [0.1, 0.15) is 68.7 Å². The number of rotatable bonds is 16. The van der Waals surface area contributed by atoms with Crippen molar-refractivity contribution in [3.8, 4) is 28.6 Å². The molecular formula is C43H55FN6O5. The number of halogens is 1. The maximum Gasteiger partial charge on any atom is 0.418 e. The molecule has 1 aliphatic heterocycles. The highest BCUT2D eigenvalue weighted by molar-refractivity contribution is 5.88. The molecule has 5 rings (SSSR count). The lowest BCUT2D eigenvalue weighted by Crippen LogP contribution is -2.35. The number of carbonyl (C=O) groups is 2. The van der Waals surface area contributed by atoms with Crippen LogP contribution in [0.4, 0.5) is 26.5 Å². The summed E-state index contributed by atoms with van der Waals surface area (Å²) in [6.07, 6.45) is 4.30. The number of hydrogen-bond acceptors (Lipinski definition) is 9. The average molecular weight is 755 g/mol. The number of anilines is 3. The van der Waals surface area contributed by atoms with Crippen molar-refractivity contribution in [2.24, 2.45) is 5.92 Å². The van der Waals surface area contributed by atoms with Crippen molar-refractivity contribution in [1.82, 2.24) is 19.8 Å². The van der Waals surface area contributed by atoms with Gasteiger partial charge in [-0.3, -0.25) is 10.1 Å². The van der Waals surface area contributed by atoms with Crippen LogP contribution in [0.15, 0.2) is 54.6 Å². The maximum absolute atomic E-state index is 15.2. The number of aromatic nitrogens is 2. The van der Waals surface area contributed by atoms with E-state index < -0.39 is 11.9 Å². The second-order valence-corrected chi connectivity index (χ2v) is 14.1. The molecule has 1 unspecified atom stereocenters. The lowest BCUT2D eigenvalue weighted by Gasteiger charge is -2.26. The number of carbonyl (C=O) groups excluding carboxylic acids is 2. The molecule has 2 amide bonds. The SMILES string of the molecule is CCN(CC)C(=O)C(C)Cc1ccc(NC(=O)Oc2cc(-c3ccc(C)c(C)c3C)nc(Nc3ccc(OCCCN4CCCCC4)c(F)c3)n2)c(OC)c1. The van der Waals surface area contributed by atoms with Crippen molar-refractivity contribution in [3.63, 3.8) is 0 Å². The molecule has 3 aromatic carbocycles. The molecule has 1 atom stereocenters. The molecule has 1 aromatic heterocycles. The Hall–Kier alpha value is -5.23. The number of hydrogen-bond donors (Lipinski definition) is 2. The van der Waals surface area contributed by atoms with Gasteiger partial charge < -0.3 is 29.3 Å². The van der Waals surface area contributed by atoms with Crippen molar-refractivity contribution >= 4 is 29.3 Å². The van der Waals surface area contributed by atoms with E-state index in [9.17, 15) is 9.59 Å². The Morgan fingerprint density at radius 2 is 1.69 bits per heavy atom. The molecule has 2 heterocycles. The fraction of sp³-hybridized carbons (Fsp3) is 0.442. The summed E-state index contributed by atoms with van der Waals surface area (Å²) in [5.41, 5.74) is 6.31. The van der Waals surface area contributed by atoms with Gasteiger partial charge in [0.05, 0.1) is 25.1 Å². The Morgan fingerprint density at radius 1 is 0.927 bits per heavy atom. The molecule has 0 bridgehead atoms. The van der Waals surface area contributed by atoms with Crippen LogP contribution in [0.25, 0.3) is 11.3 Å². The monoisotopic (exact) mass is 754 g/mol. The molecule has 1 fully saturated rings. The summed E-state index contributed by atoms with van der Waals surface area (Å²) >= 11 is 0. The van der Waals surface area contributed by atoms with Crippen LogP contribution >= 0.6 is 0 Å². The zero-order valence-corrected chi connectivity index (χ0v) is 33.3. The highest BCUT2D eigenvalue weighted by Gasteiger charge is 2.21. The van der Waals surface area contributed by atoms with Crippen molar-refractivity contribution in [3.05, 3.63) is 82.7 Å². The van der Waals surface area contributed by atoms with Gasteiger partial charge in [-0.15, -0.1) is 0 Å². The summed E-state index contributed by atoms with van der Waals surface area (Å²) in [7, 11) is 1.51. The first-order valence-electron chi connectivity index (χ1n) is 19.3. The molecule has 4 aromatic rings. The molecule has 294 valence electrons. The van der Waals surface area contributed by atoms with Gasteiger partial charge >= 0.3 is 6.09 Å². The standard InChI is InChI=1S/C43H55FN6O5/c1-8-50(9-2)41(51)29(4)24-32-15-18-36(39(25-32)53-7)47-43(52)55-40-27-37(34-17-14-28(3)30(5)31(34)6)46-42(48-40)45-33-16-19-38(35(44)26-33)54-23-13-22-49-20-11-10-12-21-49/h14-19,25-27,29H,8-13,20-24H2,1-7H3,(H,47,52)(H,45,46,48). The number of likely N-dealkylation sites (tertiary alicyclic amines) is 1. The first kappa shape index (κ1) is 40.9. The Balaban J connectivity index is 1.31. The van der Waals surface area contributed by atoms with Gasteiger partial charge in [0.2, 0.25) is 17.7 Å². The van der Waals surface area contributed by atoms with E-state index in [1.807, 2.05) is 64.6 Å². The van der Waals surface area contributed by atoms with Gasteiger partial charge in [0, 0.05) is 48.9 Å². The van der Waals surface area contributed by atoms with Crippen LogP contribution in [0.3, 0.4) is 0 Å². The topological polar surface area (TPSA) is 118 Å². The molecule has 0 radical (unpaired) electrons. The van der Waals surface area contributed by atoms with E-state index in [1.54, 1.807) is 30.3 Å². The first-order valence-corrected chi connectivity index (χ1v) is 19.3. The summed E-state index contributed by atoms with van der Waals surface area (Å²) in [5.74, 6) is 0.0602. The number of nitrogens with zero attached hydrogens (tertiary/aromatic N) is 4. The second-order valence-electron chi connectivity index (χ2n) is 14.1. The normalized spacial score (nSPS) is 13.5. The highest BCUT2D eigenvalue weighted by atomic mass is 19.1. The van der Waals surface area contributed by atoms with E-state index in [-0.39, 0.29) is 29.4 Å². The quantitative estimate of drug-likeness (QED) is 0.108. The summed E-state index contributed by atoms with van der Waals surface area (Å²) in [5, 5.41) is 5.83. The van der Waals surface area contributed by atoms with Crippen LogP contribution in [-0.2, 0) is 11.2 Å². The first-order chi connectivity index (χ1) is 26.5. The van der Waals surface area contributed by atoms with E-state index in [0.29, 0.717) is 48.9 Å². The van der Waals surface area contributed by atoms with E-state index in [1.165, 1.54) is 32.4 Å². The summed E-state index contributed by atoms with van der Waals surface area (Å²) < 4.78 is 32.3. The Labute approximate surface area is 324 Å². The number of aryl methyl sites for hydroxylation is 1. The van der Waals surface area contributed by atoms with Gasteiger partial charge in [-0.25, -0.2) is 14.2 Å². The lowest BCUT2D eigenvalue weighted by molar-refractivity contribution is -0.134. The van der Waals surface area contributed by atoms with E-state index in [0.717, 1.165) is 53.9 Å². The fourth-order valence-corrected chi connectivity index (χ4v) is 6.87. The van der Waals surface area contributed by atoms with E-state index in [2.05, 4.69) is 20.5 Å². The third-order valence-corrected chi connectivity index (χ3v) is 10.3. The third-order valence-electron chi connectivity index (χ3n) is 10.3. The molecule has 0 saturated carbocycles. The summed E-state index contributed by atoms with van der Waals surface area (Å²) in [6, 6.07) is 15.6. The van der Waals surface area contributed by atoms with Crippen molar-refractivity contribution in [2.75, 3.05) is 57.1 Å². The minimum absolute atomic E-state index is 0.0175. The number of amides is 2. The second kappa shape index (κ2) is 19.4. The molecule has 12 heteroatoms. The van der Waals surface area contributed by atoms with Crippen molar-refractivity contribution < 1.29 is 28.2 Å². The van der Waals surface area contributed by atoms with Gasteiger partial charge in [0.1, 0.15) is 5.75 Å². The number of methoxy groups -OCH3 is 1. The van der Waals surface area contributed by atoms with Gasteiger partial charge in [-0.05, 0) is 120 Å². The number of nitrogens with one attached hydrogen (secondary N) is 2. The summed E-state index contributed by atoms with van der Waals surface area (Å²) in [4.78, 5) is 39.6. The van der Waals surface area contributed by atoms with Crippen LogP contribution in [0, 0.1) is 32.5 Å². The van der Waals surface area contributed by atoms with Crippen LogP contribution in [0.5, 0.6) is 17.4 Å². The number of benzene rings is 3. The Morgan fingerprint density at radius 3 is 2.40 bits per heavy atom. The molecular weight excluding hydrogens is 700 g/mol. The molecule has 2 N–H and O–H groups in total. The molecule has 11 nitrogen and oxygen atoms in total. The van der Waals surface area contributed by atoms with Crippen molar-refractivity contribution in [2.45, 2.75) is 73.6 Å². The molecule has 0 aliphatic carbocycles. The average Bonchev–Trinajstić information content (AvgIpc) is 3.17. The van der Waals surface area contributed by atoms with Crippen LogP contribution < -0.4 is 24.8 Å². The third kappa shape index (κ3) is 10.9. The molecule has 0 spiro atoms. The van der Waals surface area contributed by atoms with Gasteiger partial charge in [-0.2, -0.15) is 4.98 Å². The molecule has 1 saturated heterocycles. The fourth-order valence-electron chi connectivity index (χ4n) is 6.87. The van der Waals surface area contributed by atoms with E-state index >= 15 is 4.39 Å². The Kier molecular flexibility index (Phi) is 14.4. The summed E-state index contributed by atoms with van der Waals surface area (Å²) in [6.45, 7) is 16.9. The lowest BCUT2D eigenvalue weighted by atomic mass is 9.97. The highest BCUT2D eigenvalue weighted by Crippen LogP contribution is 2.32. The van der Waals surface area contributed by atoms with E-state index in [4.69, 9.17) is 19.2 Å². The van der Waals surface area contributed by atoms with Gasteiger partial charge in [0.25, 0.3) is 0 Å².